The number of hydrazone groups is 1. The van der Waals surface area contributed by atoms with E-state index in [2.05, 4.69) is 47.4 Å². The number of rotatable bonds is 21. The van der Waals surface area contributed by atoms with E-state index in [4.69, 9.17) is 10.1 Å². The lowest BCUT2D eigenvalue weighted by Gasteiger charge is -2.27. The predicted molar refractivity (Wildman–Crippen MR) is 334 cm³/mol. The molecule has 9 rings (SSSR count). The average molecular weight is 1210 g/mol. The number of benzene rings is 6. The first-order valence-electron chi connectivity index (χ1n) is 29.0. The Morgan fingerprint density at radius 3 is 1.45 bits per heavy atom. The van der Waals surface area contributed by atoms with Crippen molar-refractivity contribution in [3.05, 3.63) is 203 Å². The number of anilines is 2. The Morgan fingerprint density at radius 2 is 1.02 bits per heavy atom. The van der Waals surface area contributed by atoms with Gasteiger partial charge in [0.2, 0.25) is 30.1 Å². The molecule has 89 heavy (non-hydrogen) atoms. The van der Waals surface area contributed by atoms with E-state index in [0.29, 0.717) is 69.9 Å². The van der Waals surface area contributed by atoms with Crippen molar-refractivity contribution in [2.24, 2.45) is 26.9 Å². The van der Waals surface area contributed by atoms with Crippen LogP contribution >= 0.6 is 0 Å². The zero-order valence-electron chi connectivity index (χ0n) is 48.9. The van der Waals surface area contributed by atoms with Crippen LogP contribution < -0.4 is 47.1 Å². The summed E-state index contributed by atoms with van der Waals surface area (Å²) in [7, 11) is 1.65. The summed E-state index contributed by atoms with van der Waals surface area (Å²) >= 11 is 0. The first-order chi connectivity index (χ1) is 43.1. The summed E-state index contributed by atoms with van der Waals surface area (Å²) in [6.07, 6.45) is 2.23. The number of aliphatic imine (C=N–C) groups is 2. The topological polar surface area (TPSA) is 319 Å². The maximum atomic E-state index is 14.2. The maximum absolute atomic E-state index is 14.2. The number of hydrogen-bond acceptors (Lipinski definition) is 13. The van der Waals surface area contributed by atoms with Crippen LogP contribution in [0.3, 0.4) is 0 Å². The molecule has 458 valence electrons. The quantitative estimate of drug-likeness (QED) is 0.0265. The number of fused-ring (bicyclic) bond motifs is 2. The molecule has 0 aromatic heterocycles. The zero-order valence-corrected chi connectivity index (χ0v) is 48.9. The van der Waals surface area contributed by atoms with Crippen molar-refractivity contribution in [2.75, 3.05) is 36.5 Å². The lowest BCUT2D eigenvalue weighted by Crippen LogP contribution is -2.51. The minimum Gasteiger partial charge on any atom is -0.481 e. The summed E-state index contributed by atoms with van der Waals surface area (Å²) < 4.78 is 0. The van der Waals surface area contributed by atoms with E-state index < -0.39 is 84.8 Å². The molecule has 1 aliphatic carbocycles. The van der Waals surface area contributed by atoms with Crippen LogP contribution in [0.25, 0.3) is 0 Å². The van der Waals surface area contributed by atoms with Crippen molar-refractivity contribution >= 4 is 88.6 Å². The molecule has 23 nitrogen and oxygen atoms in total. The van der Waals surface area contributed by atoms with Gasteiger partial charge in [-0.1, -0.05) is 140 Å². The van der Waals surface area contributed by atoms with Crippen molar-refractivity contribution in [2.45, 2.75) is 69.9 Å². The number of amides is 9. The average Bonchev–Trinajstić information content (AvgIpc) is 1.89. The molecule has 6 aromatic carbocycles. The smallest absolute Gasteiger partial charge is 0.335 e. The number of carbonyl (C=O) groups excluding carboxylic acids is 9. The van der Waals surface area contributed by atoms with Crippen LogP contribution in [0.1, 0.15) is 88.4 Å². The molecule has 0 saturated heterocycles. The van der Waals surface area contributed by atoms with E-state index in [1.165, 1.54) is 16.0 Å². The first-order valence-corrected chi connectivity index (χ1v) is 29.0. The summed E-state index contributed by atoms with van der Waals surface area (Å²) in [4.78, 5) is 139. The van der Waals surface area contributed by atoms with Crippen LogP contribution in [0.5, 0.6) is 0 Å². The normalized spacial score (nSPS) is 17.6. The summed E-state index contributed by atoms with van der Waals surface area (Å²) in [6.45, 7) is 1.44. The van der Waals surface area contributed by atoms with E-state index in [1.54, 1.807) is 104 Å². The highest BCUT2D eigenvalue weighted by molar-refractivity contribution is 6.22. The molecule has 6 aromatic rings. The molecular formula is C66H68N12O11. The van der Waals surface area contributed by atoms with Crippen molar-refractivity contribution in [1.82, 2.24) is 37.3 Å². The zero-order chi connectivity index (χ0) is 63.2. The van der Waals surface area contributed by atoms with Crippen molar-refractivity contribution in [3.8, 4) is 0 Å². The lowest BCUT2D eigenvalue weighted by atomic mass is 9.81. The Morgan fingerprint density at radius 1 is 0.596 bits per heavy atom. The Labute approximate surface area is 513 Å². The number of carbonyl (C=O) groups is 10. The molecule has 2 aliphatic heterocycles. The highest BCUT2D eigenvalue weighted by atomic mass is 16.4. The molecule has 0 radical (unpaired) electrons. The number of para-hydroxylation sites is 2. The van der Waals surface area contributed by atoms with Crippen LogP contribution in [-0.4, -0.2) is 133 Å². The van der Waals surface area contributed by atoms with Gasteiger partial charge in [0, 0.05) is 59.1 Å². The van der Waals surface area contributed by atoms with Crippen molar-refractivity contribution in [1.29, 1.82) is 0 Å². The molecule has 0 bridgehead atoms. The van der Waals surface area contributed by atoms with Gasteiger partial charge in [0.15, 0.2) is 0 Å². The first kappa shape index (κ1) is 64.0. The third-order valence-corrected chi connectivity index (χ3v) is 14.8. The minimum atomic E-state index is -1.38. The van der Waals surface area contributed by atoms with E-state index in [0.717, 1.165) is 31.2 Å². The van der Waals surface area contributed by atoms with Gasteiger partial charge < -0.3 is 41.8 Å². The molecular weight excluding hydrogens is 1140 g/mol. The molecule has 2 heterocycles. The van der Waals surface area contributed by atoms with Gasteiger partial charge in [-0.05, 0) is 74.4 Å². The number of benzodiazepines with no additional fused rings is 2. The van der Waals surface area contributed by atoms with Crippen LogP contribution in [0.4, 0.5) is 16.2 Å². The van der Waals surface area contributed by atoms with Gasteiger partial charge in [0.05, 0.1) is 41.3 Å². The van der Waals surface area contributed by atoms with Gasteiger partial charge >= 0.3 is 12.0 Å². The van der Waals surface area contributed by atoms with E-state index in [9.17, 15) is 47.9 Å². The Balaban J connectivity index is 0.000000240. The number of nitrogens with zero attached hydrogens (tertiary/aromatic N) is 5. The fourth-order valence-corrected chi connectivity index (χ4v) is 10.3. The van der Waals surface area contributed by atoms with E-state index in [-0.39, 0.29) is 24.3 Å². The molecule has 23 heteroatoms. The van der Waals surface area contributed by atoms with Crippen LogP contribution in [0, 0.1) is 11.8 Å². The van der Waals surface area contributed by atoms with Crippen LogP contribution in [-0.2, 0) is 33.6 Å². The SMILES string of the molecule is CC[C@@H](/C=N/NC(=O)NCC1CCC(C(=O)NC)CC1)NC(=O)CN1C(=O)C(NC(=O)c2ccccc2)N=C(c2ccccc2)c2ccccc21.O=C[C@H](CC(=O)O)NC(=O)CN1C(=O)C(NC(=O)c2ccccc2)N=C(c2ccccc2)c2ccccc21. The van der Waals surface area contributed by atoms with Crippen molar-refractivity contribution < 1.29 is 53.1 Å². The fourth-order valence-electron chi connectivity index (χ4n) is 10.3. The third-order valence-electron chi connectivity index (χ3n) is 14.8. The molecule has 4 atom stereocenters. The molecule has 2 unspecified atom stereocenters. The maximum Gasteiger partial charge on any atom is 0.335 e. The Bertz CT molecular complexity index is 3620. The summed E-state index contributed by atoms with van der Waals surface area (Å²) in [5, 5.41) is 29.2. The Kier molecular flexibility index (Phi) is 22.6. The summed E-state index contributed by atoms with van der Waals surface area (Å²) in [6, 6.07) is 47.1. The highest BCUT2D eigenvalue weighted by Gasteiger charge is 2.37. The fraction of sp³-hybridized carbons (Fsp3) is 0.258. The second kappa shape index (κ2) is 31.4. The highest BCUT2D eigenvalue weighted by Crippen LogP contribution is 2.31. The van der Waals surface area contributed by atoms with Crippen LogP contribution in [0.15, 0.2) is 185 Å². The summed E-state index contributed by atoms with van der Waals surface area (Å²) in [5.41, 5.74) is 7.54. The minimum absolute atomic E-state index is 0.0279. The predicted octanol–water partition coefficient (Wildman–Crippen LogP) is 5.14. The van der Waals surface area contributed by atoms with Gasteiger partial charge in [0.25, 0.3) is 23.6 Å². The monoisotopic (exact) mass is 1200 g/mol. The van der Waals surface area contributed by atoms with E-state index >= 15 is 0 Å². The summed E-state index contributed by atoms with van der Waals surface area (Å²) in [5.74, 6) is -4.35. The van der Waals surface area contributed by atoms with Gasteiger partial charge in [-0.25, -0.2) is 20.2 Å². The third kappa shape index (κ3) is 17.4. The number of nitrogens with one attached hydrogen (secondary N) is 7. The number of hydrogen-bond donors (Lipinski definition) is 8. The van der Waals surface area contributed by atoms with Gasteiger partial charge in [-0.3, -0.25) is 48.2 Å². The van der Waals surface area contributed by atoms with Gasteiger partial charge in [-0.15, -0.1) is 0 Å². The molecule has 3 aliphatic rings. The standard InChI is InChI=1S/C38H44N8O5.C28H24N4O6/c1-3-29(23-41-45-38(51)40-22-25-18-20-28(21-19-25)35(48)39-2)42-32(47)24-46-31-17-11-10-16-30(31)33(26-12-6-4-7-13-26)43-34(37(46)50)44-36(49)27-14-8-5-9-15-27;33-17-20(15-24(35)36)29-23(34)16-32-22-14-8-7-13-21(22)25(18-9-3-1-4-10-18)30-26(28(32)38)31-27(37)19-11-5-2-6-12-19/h4-17,23,25,28-29,34H,3,18-22,24H2,1-2H3,(H,39,48)(H,42,47)(H,44,49)(H2,40,45,51);1-14,17,20,26H,15-16H2,(H,29,34)(H,31,37)(H,35,36)/b41-23+;/t25?,28?,29-,34?;20-,26?/m00/s1. The molecule has 0 spiro atoms. The second-order valence-corrected chi connectivity index (χ2v) is 21.0. The number of aldehydes is 1. The number of carboxylic acid groups (broad SMARTS) is 1. The second-order valence-electron chi connectivity index (χ2n) is 21.0. The molecule has 8 N–H and O–H groups in total. The van der Waals surface area contributed by atoms with E-state index in [1.807, 2.05) is 79.7 Å². The number of carboxylic acids is 1. The molecule has 1 fully saturated rings. The lowest BCUT2D eigenvalue weighted by molar-refractivity contribution is -0.139. The van der Waals surface area contributed by atoms with Gasteiger partial charge in [0.1, 0.15) is 19.4 Å². The van der Waals surface area contributed by atoms with Gasteiger partial charge in [-0.2, -0.15) is 5.10 Å². The number of urea groups is 1. The van der Waals surface area contributed by atoms with Crippen LogP contribution in [0.2, 0.25) is 0 Å². The number of aliphatic carboxylic acids is 1. The molecule has 1 saturated carbocycles. The Hall–Kier alpha value is -11.0. The largest absolute Gasteiger partial charge is 0.481 e. The van der Waals surface area contributed by atoms with Crippen molar-refractivity contribution in [3.63, 3.8) is 0 Å². The molecule has 9 amide bonds.